The summed E-state index contributed by atoms with van der Waals surface area (Å²) in [7, 11) is 2.05. The van der Waals surface area contributed by atoms with Gasteiger partial charge in [0.2, 0.25) is 0 Å². The molecule has 1 aromatic carbocycles. The quantitative estimate of drug-likeness (QED) is 0.577. The summed E-state index contributed by atoms with van der Waals surface area (Å²) in [6.45, 7) is 8.90. The molecule has 0 atom stereocenters. The van der Waals surface area contributed by atoms with Crippen LogP contribution in [0.25, 0.3) is 22.2 Å². The van der Waals surface area contributed by atoms with Gasteiger partial charge >= 0.3 is 0 Å². The Kier molecular flexibility index (Phi) is 5.29. The number of aromatic hydroxyl groups is 1. The number of hydrogen-bond acceptors (Lipinski definition) is 7. The van der Waals surface area contributed by atoms with Gasteiger partial charge in [-0.05, 0) is 64.8 Å². The summed E-state index contributed by atoms with van der Waals surface area (Å²) in [6, 6.07) is 10.9. The topological polar surface area (TPSA) is 117 Å². The fourth-order valence-corrected chi connectivity index (χ4v) is 4.90. The zero-order valence-corrected chi connectivity index (χ0v) is 19.2. The molecule has 0 radical (unpaired) electrons. The second-order valence-corrected chi connectivity index (χ2v) is 9.94. The number of nitrogens with two attached hydrogens (primary N) is 1. The first kappa shape index (κ1) is 22.0. The van der Waals surface area contributed by atoms with Gasteiger partial charge in [-0.15, -0.1) is 10.2 Å². The van der Waals surface area contributed by atoms with Crippen LogP contribution in [0.5, 0.6) is 5.75 Å². The third-order valence-electron chi connectivity index (χ3n) is 6.09. The largest absolute Gasteiger partial charge is 0.505 e. The number of amides is 1. The maximum atomic E-state index is 11.5. The van der Waals surface area contributed by atoms with Crippen LogP contribution in [0.2, 0.25) is 0 Å². The molecule has 2 aromatic heterocycles. The Hall–Kier alpha value is -3.26. The van der Waals surface area contributed by atoms with E-state index in [0.717, 1.165) is 18.7 Å². The van der Waals surface area contributed by atoms with Crippen molar-refractivity contribution in [2.24, 2.45) is 5.73 Å². The second-order valence-electron chi connectivity index (χ2n) is 9.94. The summed E-state index contributed by atoms with van der Waals surface area (Å²) >= 11 is 0. The van der Waals surface area contributed by atoms with E-state index < -0.39 is 5.91 Å². The molecule has 0 unspecified atom stereocenters. The smallest absolute Gasteiger partial charge is 0.267 e. The average Bonchev–Trinajstić information content (AvgIpc) is 2.71. The van der Waals surface area contributed by atoms with Crippen LogP contribution in [0, 0.1) is 0 Å². The van der Waals surface area contributed by atoms with Crippen molar-refractivity contribution in [3.8, 4) is 17.0 Å². The molecule has 1 saturated heterocycles. The lowest BCUT2D eigenvalue weighted by Gasteiger charge is -2.49. The molecule has 4 N–H and O–H groups in total. The lowest BCUT2D eigenvalue weighted by atomic mass is 9.79. The molecule has 4 rings (SSSR count). The second kappa shape index (κ2) is 7.70. The Labute approximate surface area is 187 Å². The monoisotopic (exact) mass is 434 g/mol. The highest BCUT2D eigenvalue weighted by Gasteiger charge is 2.39. The molecule has 3 aromatic rings. The lowest BCUT2D eigenvalue weighted by Crippen LogP contribution is -2.62. The number of carbonyl (C=O) groups excluding carboxylic acids is 1. The molecule has 0 bridgehead atoms. The fraction of sp³-hybridized carbons (Fsp3) is 0.417. The minimum Gasteiger partial charge on any atom is -0.505 e. The molecule has 1 fully saturated rings. The fourth-order valence-electron chi connectivity index (χ4n) is 4.90. The van der Waals surface area contributed by atoms with E-state index in [2.05, 4.69) is 60.1 Å². The number of fused-ring (bicyclic) bond motifs is 1. The molecule has 168 valence electrons. The maximum Gasteiger partial charge on any atom is 0.267 e. The van der Waals surface area contributed by atoms with Crippen LogP contribution >= 0.6 is 0 Å². The average molecular weight is 435 g/mol. The molecule has 0 saturated carbocycles. The number of benzene rings is 1. The number of pyridine rings is 1. The van der Waals surface area contributed by atoms with Crippen molar-refractivity contribution in [2.75, 3.05) is 11.9 Å². The van der Waals surface area contributed by atoms with Crippen LogP contribution in [0.4, 0.5) is 5.82 Å². The van der Waals surface area contributed by atoms with Crippen molar-refractivity contribution >= 4 is 22.6 Å². The summed E-state index contributed by atoms with van der Waals surface area (Å²) in [5.74, 6) is 0.0812. The van der Waals surface area contributed by atoms with Crippen molar-refractivity contribution in [1.29, 1.82) is 0 Å². The van der Waals surface area contributed by atoms with E-state index in [0.29, 0.717) is 28.2 Å². The molecule has 8 heteroatoms. The number of hydrogen-bond donors (Lipinski definition) is 3. The van der Waals surface area contributed by atoms with E-state index in [1.165, 1.54) is 6.07 Å². The molecule has 1 aliphatic heterocycles. The number of rotatable bonds is 4. The minimum absolute atomic E-state index is 0.0295. The number of carbonyl (C=O) groups is 1. The summed E-state index contributed by atoms with van der Waals surface area (Å²) < 4.78 is 0. The highest BCUT2D eigenvalue weighted by Crippen LogP contribution is 2.35. The van der Waals surface area contributed by atoms with Crippen LogP contribution in [0.15, 0.2) is 36.4 Å². The first-order chi connectivity index (χ1) is 15.0. The van der Waals surface area contributed by atoms with Crippen LogP contribution in [0.1, 0.15) is 51.0 Å². The third kappa shape index (κ3) is 4.23. The zero-order chi connectivity index (χ0) is 23.3. The predicted octanol–water partition coefficient (Wildman–Crippen LogP) is 3.24. The molecule has 1 aliphatic rings. The van der Waals surface area contributed by atoms with Crippen molar-refractivity contribution in [2.45, 2.75) is 57.7 Å². The first-order valence-electron chi connectivity index (χ1n) is 10.7. The summed E-state index contributed by atoms with van der Waals surface area (Å²) in [5, 5.41) is 24.0. The van der Waals surface area contributed by atoms with Gasteiger partial charge in [-0.3, -0.25) is 4.79 Å². The number of anilines is 1. The molecule has 32 heavy (non-hydrogen) atoms. The number of primary amides is 1. The Bertz CT molecular complexity index is 1160. The summed E-state index contributed by atoms with van der Waals surface area (Å²) in [5.41, 5.74) is 6.82. The Balaban J connectivity index is 1.63. The van der Waals surface area contributed by atoms with Crippen molar-refractivity contribution in [3.05, 3.63) is 42.1 Å². The summed E-state index contributed by atoms with van der Waals surface area (Å²) in [4.78, 5) is 17.9. The number of phenolic OH excluding ortho intramolecular Hbond substituents is 1. The van der Waals surface area contributed by atoms with Gasteiger partial charge in [-0.25, -0.2) is 4.98 Å². The summed E-state index contributed by atoms with van der Waals surface area (Å²) in [6.07, 6.45) is 1.99. The van der Waals surface area contributed by atoms with E-state index in [4.69, 9.17) is 5.73 Å². The number of piperidine rings is 1. The predicted molar refractivity (Wildman–Crippen MR) is 126 cm³/mol. The van der Waals surface area contributed by atoms with Gasteiger partial charge in [-0.1, -0.05) is 12.1 Å². The molecular formula is C24H30N6O2. The van der Waals surface area contributed by atoms with Crippen molar-refractivity contribution in [3.63, 3.8) is 0 Å². The standard InChI is InChI=1S/C24H30N6O2/c1-23(2)12-15(13-24(3,4)29-23)30(5)19-11-10-17(27-28-19)16-8-6-14-7-9-18(22(25)32)26-20(14)21(16)31/h6-11,15,29,31H,12-13H2,1-5H3,(H2,25,32). The molecule has 0 spiro atoms. The van der Waals surface area contributed by atoms with Crippen LogP contribution < -0.4 is 16.0 Å². The van der Waals surface area contributed by atoms with Crippen LogP contribution in [-0.4, -0.2) is 50.4 Å². The Morgan fingerprint density at radius 3 is 2.31 bits per heavy atom. The maximum absolute atomic E-state index is 11.5. The number of phenols is 1. The van der Waals surface area contributed by atoms with Crippen LogP contribution in [-0.2, 0) is 0 Å². The Morgan fingerprint density at radius 2 is 1.72 bits per heavy atom. The van der Waals surface area contributed by atoms with Gasteiger partial charge in [-0.2, -0.15) is 0 Å². The van der Waals surface area contributed by atoms with E-state index >= 15 is 0 Å². The molecule has 1 amide bonds. The molecule has 0 aliphatic carbocycles. The van der Waals surface area contributed by atoms with Gasteiger partial charge in [0.25, 0.3) is 5.91 Å². The first-order valence-corrected chi connectivity index (χ1v) is 10.7. The molecule has 3 heterocycles. The van der Waals surface area contributed by atoms with Gasteiger partial charge in [0.1, 0.15) is 11.2 Å². The number of nitrogens with one attached hydrogen (secondary N) is 1. The van der Waals surface area contributed by atoms with Crippen molar-refractivity contribution in [1.82, 2.24) is 20.5 Å². The highest BCUT2D eigenvalue weighted by atomic mass is 16.3. The van der Waals surface area contributed by atoms with E-state index in [9.17, 15) is 9.90 Å². The minimum atomic E-state index is -0.645. The number of nitrogens with zero attached hydrogens (tertiary/aromatic N) is 4. The van der Waals surface area contributed by atoms with Gasteiger partial charge in [0, 0.05) is 35.1 Å². The van der Waals surface area contributed by atoms with E-state index in [1.54, 1.807) is 12.1 Å². The molecule has 8 nitrogen and oxygen atoms in total. The van der Waals surface area contributed by atoms with Crippen molar-refractivity contribution < 1.29 is 9.90 Å². The van der Waals surface area contributed by atoms with Gasteiger partial charge in [0.15, 0.2) is 11.6 Å². The normalized spacial score (nSPS) is 17.9. The SMILES string of the molecule is CN(c1ccc(-c2ccc3ccc(C(N)=O)nc3c2O)nn1)C1CC(C)(C)NC(C)(C)C1. The van der Waals surface area contributed by atoms with Gasteiger partial charge in [0.05, 0.1) is 5.69 Å². The Morgan fingerprint density at radius 1 is 1.06 bits per heavy atom. The zero-order valence-electron chi connectivity index (χ0n) is 19.2. The highest BCUT2D eigenvalue weighted by molar-refractivity contribution is 5.97. The van der Waals surface area contributed by atoms with Crippen LogP contribution in [0.3, 0.4) is 0 Å². The third-order valence-corrected chi connectivity index (χ3v) is 6.09. The molecular weight excluding hydrogens is 404 g/mol. The van der Waals surface area contributed by atoms with E-state index in [-0.39, 0.29) is 22.5 Å². The lowest BCUT2D eigenvalue weighted by molar-refractivity contribution is 0.0996. The van der Waals surface area contributed by atoms with Gasteiger partial charge < -0.3 is 21.1 Å². The van der Waals surface area contributed by atoms with E-state index in [1.807, 2.05) is 18.2 Å². The number of aromatic nitrogens is 3.